The molecule has 1 amide bonds. The number of likely N-dealkylation sites (tertiary alicyclic amines) is 1. The molecule has 140 valence electrons. The molecule has 25 heavy (non-hydrogen) atoms. The number of rotatable bonds is 5. The third kappa shape index (κ3) is 6.12. The molecule has 2 rings (SSSR count). The van der Waals surface area contributed by atoms with Crippen LogP contribution in [0, 0.1) is 17.3 Å². The van der Waals surface area contributed by atoms with Crippen molar-refractivity contribution >= 4 is 5.91 Å². The number of amides is 1. The zero-order valence-electron chi connectivity index (χ0n) is 16.5. The van der Waals surface area contributed by atoms with E-state index < -0.39 is 6.04 Å². The Morgan fingerprint density at radius 1 is 1.16 bits per heavy atom. The van der Waals surface area contributed by atoms with Crippen molar-refractivity contribution in [2.75, 3.05) is 13.1 Å². The number of carbonyl (C=O) groups is 1. The quantitative estimate of drug-likeness (QED) is 0.862. The van der Waals surface area contributed by atoms with E-state index in [0.717, 1.165) is 23.9 Å². The fourth-order valence-electron chi connectivity index (χ4n) is 3.63. The van der Waals surface area contributed by atoms with Crippen LogP contribution in [0.25, 0.3) is 0 Å². The van der Waals surface area contributed by atoms with E-state index in [0.29, 0.717) is 6.54 Å². The van der Waals surface area contributed by atoms with Crippen LogP contribution in [-0.4, -0.2) is 29.9 Å². The topological polar surface area (TPSA) is 58.4 Å². The largest absolute Gasteiger partial charge is 0.351 e. The molecule has 0 spiro atoms. The number of piperidine rings is 1. The summed E-state index contributed by atoms with van der Waals surface area (Å²) in [5.74, 6) is 1.48. The van der Waals surface area contributed by atoms with Gasteiger partial charge in [0.2, 0.25) is 5.91 Å². The average Bonchev–Trinajstić information content (AvgIpc) is 2.51. The second kappa shape index (κ2) is 8.33. The molecule has 0 radical (unpaired) electrons. The minimum Gasteiger partial charge on any atom is -0.351 e. The molecule has 1 aliphatic rings. The summed E-state index contributed by atoms with van der Waals surface area (Å²) < 4.78 is 0. The van der Waals surface area contributed by atoms with Crippen LogP contribution in [0.5, 0.6) is 0 Å². The predicted molar refractivity (Wildman–Crippen MR) is 104 cm³/mol. The lowest BCUT2D eigenvalue weighted by Gasteiger charge is -2.35. The molecule has 1 aromatic carbocycles. The monoisotopic (exact) mass is 345 g/mol. The van der Waals surface area contributed by atoms with Crippen molar-refractivity contribution in [2.24, 2.45) is 23.0 Å². The molecule has 4 nitrogen and oxygen atoms in total. The highest BCUT2D eigenvalue weighted by atomic mass is 16.2. The summed E-state index contributed by atoms with van der Waals surface area (Å²) in [6.45, 7) is 14.5. The Hall–Kier alpha value is -1.39. The zero-order valence-corrected chi connectivity index (χ0v) is 16.5. The van der Waals surface area contributed by atoms with E-state index in [9.17, 15) is 4.79 Å². The van der Waals surface area contributed by atoms with Crippen LogP contribution in [0.4, 0.5) is 0 Å². The number of carbonyl (C=O) groups excluding carboxylic acids is 1. The van der Waals surface area contributed by atoms with Crippen LogP contribution < -0.4 is 11.1 Å². The number of hydrogen-bond acceptors (Lipinski definition) is 3. The first-order valence-corrected chi connectivity index (χ1v) is 9.48. The zero-order chi connectivity index (χ0) is 18.6. The molecule has 0 aromatic heterocycles. The summed E-state index contributed by atoms with van der Waals surface area (Å²) in [6.07, 6.45) is 1.34. The number of benzene rings is 1. The highest BCUT2D eigenvalue weighted by molar-refractivity contribution is 5.82. The molecule has 4 heteroatoms. The van der Waals surface area contributed by atoms with Gasteiger partial charge in [-0.25, -0.2) is 0 Å². The lowest BCUT2D eigenvalue weighted by molar-refractivity contribution is -0.124. The summed E-state index contributed by atoms with van der Waals surface area (Å²) in [5, 5.41) is 2.94. The Morgan fingerprint density at radius 2 is 1.68 bits per heavy atom. The van der Waals surface area contributed by atoms with E-state index in [1.807, 2.05) is 20.8 Å². The first-order valence-electron chi connectivity index (χ1n) is 9.48. The van der Waals surface area contributed by atoms with Gasteiger partial charge in [0.05, 0.1) is 6.04 Å². The fourth-order valence-corrected chi connectivity index (χ4v) is 3.63. The van der Waals surface area contributed by atoms with Crippen LogP contribution in [-0.2, 0) is 17.9 Å². The number of nitrogens with one attached hydrogen (secondary N) is 1. The van der Waals surface area contributed by atoms with Crippen molar-refractivity contribution < 1.29 is 4.79 Å². The normalized spacial score (nSPS) is 23.3. The van der Waals surface area contributed by atoms with Gasteiger partial charge >= 0.3 is 0 Å². The fraction of sp³-hybridized carbons (Fsp3) is 0.667. The van der Waals surface area contributed by atoms with Gasteiger partial charge in [-0.05, 0) is 34.8 Å². The molecule has 0 aliphatic carbocycles. The van der Waals surface area contributed by atoms with Crippen LogP contribution in [0.1, 0.15) is 52.2 Å². The van der Waals surface area contributed by atoms with E-state index in [-0.39, 0.29) is 11.3 Å². The molecule has 1 aliphatic heterocycles. The van der Waals surface area contributed by atoms with Crippen molar-refractivity contribution in [2.45, 2.75) is 60.2 Å². The number of nitrogens with two attached hydrogens (primary N) is 1. The molecule has 0 bridgehead atoms. The van der Waals surface area contributed by atoms with Gasteiger partial charge in [0.25, 0.3) is 0 Å². The second-order valence-corrected chi connectivity index (χ2v) is 9.02. The lowest BCUT2D eigenvalue weighted by atomic mass is 9.87. The Bertz CT molecular complexity index is 551. The smallest absolute Gasteiger partial charge is 0.237 e. The predicted octanol–water partition coefficient (Wildman–Crippen LogP) is 3.15. The van der Waals surface area contributed by atoms with E-state index in [1.165, 1.54) is 25.1 Å². The molecule has 1 fully saturated rings. The summed E-state index contributed by atoms with van der Waals surface area (Å²) in [6, 6.07) is 8.07. The van der Waals surface area contributed by atoms with Gasteiger partial charge < -0.3 is 11.1 Å². The Balaban J connectivity index is 1.84. The maximum Gasteiger partial charge on any atom is 0.237 e. The van der Waals surface area contributed by atoms with Gasteiger partial charge in [-0.3, -0.25) is 9.69 Å². The summed E-state index contributed by atoms with van der Waals surface area (Å²) in [7, 11) is 0. The molecular weight excluding hydrogens is 310 g/mol. The van der Waals surface area contributed by atoms with Gasteiger partial charge in [0, 0.05) is 26.2 Å². The molecule has 0 saturated carbocycles. The highest BCUT2D eigenvalue weighted by Gasteiger charge is 2.27. The summed E-state index contributed by atoms with van der Waals surface area (Å²) in [4.78, 5) is 14.7. The molecule has 1 saturated heterocycles. The molecule has 3 atom stereocenters. The number of hydrogen-bond donors (Lipinski definition) is 2. The van der Waals surface area contributed by atoms with Crippen molar-refractivity contribution in [3.8, 4) is 0 Å². The minimum absolute atomic E-state index is 0.0899. The molecular formula is C21H35N3O. The van der Waals surface area contributed by atoms with Gasteiger partial charge in [-0.15, -0.1) is 0 Å². The van der Waals surface area contributed by atoms with Crippen molar-refractivity contribution in [3.63, 3.8) is 0 Å². The van der Waals surface area contributed by atoms with Gasteiger partial charge in [-0.1, -0.05) is 58.9 Å². The molecule has 1 heterocycles. The van der Waals surface area contributed by atoms with Crippen molar-refractivity contribution in [1.29, 1.82) is 0 Å². The van der Waals surface area contributed by atoms with Crippen molar-refractivity contribution in [1.82, 2.24) is 10.2 Å². The van der Waals surface area contributed by atoms with E-state index in [4.69, 9.17) is 5.73 Å². The van der Waals surface area contributed by atoms with Gasteiger partial charge in [0.1, 0.15) is 0 Å². The molecule has 3 N–H and O–H groups in total. The van der Waals surface area contributed by atoms with Crippen LogP contribution >= 0.6 is 0 Å². The third-order valence-corrected chi connectivity index (χ3v) is 5.06. The lowest BCUT2D eigenvalue weighted by Crippen LogP contribution is -2.48. The van der Waals surface area contributed by atoms with Crippen LogP contribution in [0.2, 0.25) is 0 Å². The standard InChI is InChI=1S/C21H35N3O/c1-15-10-16(2)13-24(12-15)14-18-8-6-17(7-9-18)11-23-20(25)19(22)21(3,4)5/h6-9,15-16,19H,10-14,22H2,1-5H3,(H,23,25)/t15?,16?,19-/m1/s1. The van der Waals surface area contributed by atoms with Gasteiger partial charge in [-0.2, -0.15) is 0 Å². The molecule has 2 unspecified atom stereocenters. The minimum atomic E-state index is -0.491. The van der Waals surface area contributed by atoms with Crippen molar-refractivity contribution in [3.05, 3.63) is 35.4 Å². The molecule has 1 aromatic rings. The van der Waals surface area contributed by atoms with Crippen LogP contribution in [0.15, 0.2) is 24.3 Å². The summed E-state index contributed by atoms with van der Waals surface area (Å²) in [5.41, 5.74) is 8.21. The average molecular weight is 346 g/mol. The third-order valence-electron chi connectivity index (χ3n) is 5.06. The summed E-state index contributed by atoms with van der Waals surface area (Å²) >= 11 is 0. The first kappa shape index (κ1) is 19.9. The highest BCUT2D eigenvalue weighted by Crippen LogP contribution is 2.22. The first-order chi connectivity index (χ1) is 11.6. The number of nitrogens with zero attached hydrogens (tertiary/aromatic N) is 1. The Kier molecular flexibility index (Phi) is 6.64. The van der Waals surface area contributed by atoms with Gasteiger partial charge in [0.15, 0.2) is 0 Å². The van der Waals surface area contributed by atoms with Crippen LogP contribution in [0.3, 0.4) is 0 Å². The van der Waals surface area contributed by atoms with E-state index >= 15 is 0 Å². The SMILES string of the molecule is CC1CC(C)CN(Cc2ccc(CNC(=O)[C@@H](N)C(C)(C)C)cc2)C1. The maximum atomic E-state index is 12.1. The van der Waals surface area contributed by atoms with E-state index in [2.05, 4.69) is 48.3 Å². The van der Waals surface area contributed by atoms with E-state index in [1.54, 1.807) is 0 Å². The Morgan fingerprint density at radius 3 is 2.20 bits per heavy atom. The Labute approximate surface area is 153 Å². The second-order valence-electron chi connectivity index (χ2n) is 9.02. The maximum absolute atomic E-state index is 12.1.